The van der Waals surface area contributed by atoms with Crippen LogP contribution in [0.15, 0.2) is 0 Å². The van der Waals surface area contributed by atoms with Gasteiger partial charge in [-0.25, -0.2) is 0 Å². The van der Waals surface area contributed by atoms with E-state index in [1.807, 2.05) is 0 Å². The summed E-state index contributed by atoms with van der Waals surface area (Å²) in [5.41, 5.74) is 6.39. The van der Waals surface area contributed by atoms with E-state index >= 15 is 0 Å². The fourth-order valence-electron chi connectivity index (χ4n) is 2.73. The van der Waals surface area contributed by atoms with Gasteiger partial charge in [0.2, 0.25) is 0 Å². The van der Waals surface area contributed by atoms with Gasteiger partial charge in [0.15, 0.2) is 0 Å². The molecule has 3 nitrogen and oxygen atoms in total. The van der Waals surface area contributed by atoms with Crippen LogP contribution in [0, 0.1) is 5.92 Å². The molecule has 0 bridgehead atoms. The van der Waals surface area contributed by atoms with Crippen LogP contribution in [0.2, 0.25) is 0 Å². The summed E-state index contributed by atoms with van der Waals surface area (Å²) in [6.45, 7) is 5.10. The Morgan fingerprint density at radius 3 is 2.80 bits per heavy atom. The van der Waals surface area contributed by atoms with Crippen molar-refractivity contribution < 1.29 is 4.74 Å². The first-order valence-electron chi connectivity index (χ1n) is 6.30. The van der Waals surface area contributed by atoms with Gasteiger partial charge >= 0.3 is 0 Å². The summed E-state index contributed by atoms with van der Waals surface area (Å²) >= 11 is 0. The SMILES string of the molecule is CC(NCC1(N)CCCC1)C1CCOC1. The summed E-state index contributed by atoms with van der Waals surface area (Å²) in [5, 5.41) is 3.60. The van der Waals surface area contributed by atoms with Gasteiger partial charge in [-0.05, 0) is 32.1 Å². The number of rotatable bonds is 4. The molecule has 2 fully saturated rings. The van der Waals surface area contributed by atoms with Crippen LogP contribution in [0.5, 0.6) is 0 Å². The van der Waals surface area contributed by atoms with Gasteiger partial charge in [-0.1, -0.05) is 12.8 Å². The number of hydrogen-bond acceptors (Lipinski definition) is 3. The van der Waals surface area contributed by atoms with Crippen LogP contribution < -0.4 is 11.1 Å². The molecule has 2 atom stereocenters. The van der Waals surface area contributed by atoms with E-state index in [1.165, 1.54) is 32.1 Å². The summed E-state index contributed by atoms with van der Waals surface area (Å²) < 4.78 is 5.40. The molecule has 1 heterocycles. The van der Waals surface area contributed by atoms with Crippen LogP contribution in [0.25, 0.3) is 0 Å². The Morgan fingerprint density at radius 2 is 2.20 bits per heavy atom. The van der Waals surface area contributed by atoms with Gasteiger partial charge in [0.1, 0.15) is 0 Å². The molecule has 0 radical (unpaired) electrons. The van der Waals surface area contributed by atoms with Crippen molar-refractivity contribution in [1.82, 2.24) is 5.32 Å². The average Bonchev–Trinajstić information content (AvgIpc) is 2.85. The summed E-state index contributed by atoms with van der Waals surface area (Å²) in [5.74, 6) is 0.690. The topological polar surface area (TPSA) is 47.3 Å². The third kappa shape index (κ3) is 2.92. The monoisotopic (exact) mass is 212 g/mol. The molecule has 2 unspecified atom stereocenters. The lowest BCUT2D eigenvalue weighted by Gasteiger charge is -2.28. The highest BCUT2D eigenvalue weighted by Gasteiger charge is 2.30. The van der Waals surface area contributed by atoms with Crippen LogP contribution >= 0.6 is 0 Å². The standard InChI is InChI=1S/C12H24N2O/c1-10(11-4-7-15-8-11)14-9-12(13)5-2-3-6-12/h10-11,14H,2-9,13H2,1H3. The molecule has 1 saturated heterocycles. The molecule has 0 aromatic heterocycles. The van der Waals surface area contributed by atoms with E-state index in [9.17, 15) is 0 Å². The second-order valence-corrected chi connectivity index (χ2v) is 5.36. The van der Waals surface area contributed by atoms with Crippen LogP contribution in [-0.2, 0) is 4.74 Å². The lowest BCUT2D eigenvalue weighted by molar-refractivity contribution is 0.177. The Hall–Kier alpha value is -0.120. The molecule has 3 heteroatoms. The van der Waals surface area contributed by atoms with E-state index in [-0.39, 0.29) is 5.54 Å². The van der Waals surface area contributed by atoms with Crippen molar-refractivity contribution in [2.24, 2.45) is 11.7 Å². The maximum Gasteiger partial charge on any atom is 0.0509 e. The van der Waals surface area contributed by atoms with Crippen molar-refractivity contribution >= 4 is 0 Å². The van der Waals surface area contributed by atoms with Crippen LogP contribution in [0.1, 0.15) is 39.0 Å². The zero-order valence-corrected chi connectivity index (χ0v) is 9.80. The average molecular weight is 212 g/mol. The second-order valence-electron chi connectivity index (χ2n) is 5.36. The van der Waals surface area contributed by atoms with Gasteiger partial charge in [0.05, 0.1) is 6.61 Å². The predicted octanol–water partition coefficient (Wildman–Crippen LogP) is 1.27. The lowest BCUT2D eigenvalue weighted by atomic mass is 9.96. The molecule has 3 N–H and O–H groups in total. The van der Waals surface area contributed by atoms with Crippen molar-refractivity contribution in [3.8, 4) is 0 Å². The first-order valence-corrected chi connectivity index (χ1v) is 6.30. The van der Waals surface area contributed by atoms with E-state index in [2.05, 4.69) is 12.2 Å². The fraction of sp³-hybridized carbons (Fsp3) is 1.00. The lowest BCUT2D eigenvalue weighted by Crippen LogP contribution is -2.50. The van der Waals surface area contributed by atoms with Gasteiger partial charge < -0.3 is 15.8 Å². The molecule has 88 valence electrons. The van der Waals surface area contributed by atoms with Gasteiger partial charge in [-0.2, -0.15) is 0 Å². The van der Waals surface area contributed by atoms with Crippen LogP contribution in [-0.4, -0.2) is 31.3 Å². The third-order valence-electron chi connectivity index (χ3n) is 4.05. The molecule has 1 aliphatic heterocycles. The molecule has 15 heavy (non-hydrogen) atoms. The van der Waals surface area contributed by atoms with Crippen molar-refractivity contribution in [3.05, 3.63) is 0 Å². The Balaban J connectivity index is 1.72. The number of ether oxygens (including phenoxy) is 1. The molecule has 1 aliphatic carbocycles. The van der Waals surface area contributed by atoms with Crippen molar-refractivity contribution in [2.45, 2.75) is 50.6 Å². The zero-order chi connectivity index (χ0) is 10.7. The van der Waals surface area contributed by atoms with Crippen molar-refractivity contribution in [1.29, 1.82) is 0 Å². The van der Waals surface area contributed by atoms with Crippen LogP contribution in [0.3, 0.4) is 0 Å². The molecule has 2 aliphatic rings. The minimum Gasteiger partial charge on any atom is -0.381 e. The van der Waals surface area contributed by atoms with Gasteiger partial charge in [0.25, 0.3) is 0 Å². The maximum atomic E-state index is 6.31. The van der Waals surface area contributed by atoms with Crippen molar-refractivity contribution in [3.63, 3.8) is 0 Å². The van der Waals surface area contributed by atoms with Gasteiger partial charge in [-0.3, -0.25) is 0 Å². The first kappa shape index (κ1) is 11.4. The molecular formula is C12H24N2O. The molecule has 2 rings (SSSR count). The molecule has 1 saturated carbocycles. The van der Waals surface area contributed by atoms with Gasteiger partial charge in [-0.15, -0.1) is 0 Å². The highest BCUT2D eigenvalue weighted by atomic mass is 16.5. The van der Waals surface area contributed by atoms with E-state index < -0.39 is 0 Å². The maximum absolute atomic E-state index is 6.31. The number of hydrogen-bond donors (Lipinski definition) is 2. The Bertz CT molecular complexity index is 196. The largest absolute Gasteiger partial charge is 0.381 e. The highest BCUT2D eigenvalue weighted by molar-refractivity contribution is 4.92. The van der Waals surface area contributed by atoms with Crippen molar-refractivity contribution in [2.75, 3.05) is 19.8 Å². The molecule has 0 amide bonds. The van der Waals surface area contributed by atoms with E-state index in [4.69, 9.17) is 10.5 Å². The summed E-state index contributed by atoms with van der Waals surface area (Å²) in [6.07, 6.45) is 6.19. The predicted molar refractivity (Wildman–Crippen MR) is 61.8 cm³/mol. The normalized spacial score (nSPS) is 32.0. The number of nitrogens with one attached hydrogen (secondary N) is 1. The first-order chi connectivity index (χ1) is 7.20. The van der Waals surface area contributed by atoms with Gasteiger partial charge in [0, 0.05) is 24.7 Å². The van der Waals surface area contributed by atoms with E-state index in [0.717, 1.165) is 19.8 Å². The third-order valence-corrected chi connectivity index (χ3v) is 4.05. The minimum absolute atomic E-state index is 0.0771. The minimum atomic E-state index is 0.0771. The molecular weight excluding hydrogens is 188 g/mol. The zero-order valence-electron chi connectivity index (χ0n) is 9.80. The number of nitrogens with two attached hydrogens (primary N) is 1. The molecule has 0 aromatic rings. The summed E-state index contributed by atoms with van der Waals surface area (Å²) in [6, 6.07) is 0.550. The molecule has 0 spiro atoms. The van der Waals surface area contributed by atoms with Crippen LogP contribution in [0.4, 0.5) is 0 Å². The summed E-state index contributed by atoms with van der Waals surface area (Å²) in [4.78, 5) is 0. The Morgan fingerprint density at radius 1 is 1.47 bits per heavy atom. The highest BCUT2D eigenvalue weighted by Crippen LogP contribution is 2.27. The summed E-state index contributed by atoms with van der Waals surface area (Å²) in [7, 11) is 0. The molecule has 0 aromatic carbocycles. The fourth-order valence-corrected chi connectivity index (χ4v) is 2.73. The Labute approximate surface area is 92.7 Å². The second kappa shape index (κ2) is 4.81. The Kier molecular flexibility index (Phi) is 3.65. The quantitative estimate of drug-likeness (QED) is 0.738. The van der Waals surface area contributed by atoms with E-state index in [0.29, 0.717) is 12.0 Å². The van der Waals surface area contributed by atoms with E-state index in [1.54, 1.807) is 0 Å². The smallest absolute Gasteiger partial charge is 0.0509 e.